The van der Waals surface area contributed by atoms with Gasteiger partial charge in [-0.15, -0.1) is 12.4 Å². The normalized spacial score (nSPS) is 16.2. The second kappa shape index (κ2) is 8.18. The molecular formula is C17H25ClN2O2. The van der Waals surface area contributed by atoms with Crippen molar-refractivity contribution in [3.63, 3.8) is 0 Å². The smallest absolute Gasteiger partial charge is 0.338 e. The quantitative estimate of drug-likeness (QED) is 0.475. The first kappa shape index (κ1) is 18.5. The van der Waals surface area contributed by atoms with E-state index in [4.69, 9.17) is 4.74 Å². The van der Waals surface area contributed by atoms with E-state index < -0.39 is 0 Å². The van der Waals surface area contributed by atoms with E-state index in [1.807, 2.05) is 40.0 Å². The maximum Gasteiger partial charge on any atom is 0.338 e. The third kappa shape index (κ3) is 4.73. The molecule has 1 heterocycles. The molecule has 0 radical (unpaired) electrons. The Hall–Kier alpha value is -1.55. The summed E-state index contributed by atoms with van der Waals surface area (Å²) in [4.78, 5) is 18.7. The fraction of sp³-hybridized carbons (Fsp3) is 0.529. The van der Waals surface area contributed by atoms with Gasteiger partial charge in [-0.25, -0.2) is 4.79 Å². The van der Waals surface area contributed by atoms with Crippen LogP contribution in [-0.4, -0.2) is 42.9 Å². The van der Waals surface area contributed by atoms with E-state index in [1.54, 1.807) is 0 Å². The lowest BCUT2D eigenvalue weighted by Gasteiger charge is -2.32. The lowest BCUT2D eigenvalue weighted by molar-refractivity contribution is 0.0171. The number of ether oxygens (including phenoxy) is 1. The van der Waals surface area contributed by atoms with Crippen molar-refractivity contribution in [1.29, 1.82) is 0 Å². The van der Waals surface area contributed by atoms with Crippen LogP contribution in [0.3, 0.4) is 0 Å². The van der Waals surface area contributed by atoms with Crippen molar-refractivity contribution in [1.82, 2.24) is 4.90 Å². The number of halogens is 1. The molecule has 0 aliphatic carbocycles. The summed E-state index contributed by atoms with van der Waals surface area (Å²) >= 11 is 0. The Morgan fingerprint density at radius 1 is 1.18 bits per heavy atom. The highest BCUT2D eigenvalue weighted by atomic mass is 35.5. The summed E-state index contributed by atoms with van der Waals surface area (Å²) in [7, 11) is 1.81. The number of hydrogen-bond acceptors (Lipinski definition) is 3. The number of aliphatic imine (C=N–C) groups is 1. The third-order valence-corrected chi connectivity index (χ3v) is 3.95. The van der Waals surface area contributed by atoms with Gasteiger partial charge >= 0.3 is 5.97 Å². The van der Waals surface area contributed by atoms with Crippen molar-refractivity contribution in [3.8, 4) is 0 Å². The number of aryl methyl sites for hydroxylation is 2. The molecule has 2 rings (SSSR count). The van der Waals surface area contributed by atoms with Gasteiger partial charge in [-0.2, -0.15) is 0 Å². The average Bonchev–Trinajstić information content (AvgIpc) is 2.46. The standard InChI is InChI=1S/C17H24N2O2.ClH/c1-12-9-13(2)11-15(10-12)17(20)21-16-5-7-19(8-6-16)14(3)18-4;/h9-11,16H,5-8H2,1-4H3;1H. The molecule has 122 valence electrons. The monoisotopic (exact) mass is 324 g/mol. The highest BCUT2D eigenvalue weighted by molar-refractivity contribution is 5.90. The molecule has 0 aromatic heterocycles. The van der Waals surface area contributed by atoms with Crippen LogP contribution >= 0.6 is 12.4 Å². The van der Waals surface area contributed by atoms with Crippen molar-refractivity contribution in [3.05, 3.63) is 34.9 Å². The molecule has 0 unspecified atom stereocenters. The van der Waals surface area contributed by atoms with Crippen LogP contribution in [-0.2, 0) is 4.74 Å². The number of likely N-dealkylation sites (tertiary alicyclic amines) is 1. The van der Waals surface area contributed by atoms with E-state index in [2.05, 4.69) is 16.0 Å². The van der Waals surface area contributed by atoms with Crippen molar-refractivity contribution >= 4 is 24.2 Å². The first-order valence-corrected chi connectivity index (χ1v) is 7.47. The van der Waals surface area contributed by atoms with Gasteiger partial charge in [0.15, 0.2) is 0 Å². The lowest BCUT2D eigenvalue weighted by atomic mass is 10.1. The van der Waals surface area contributed by atoms with Crippen LogP contribution in [0.15, 0.2) is 23.2 Å². The first-order valence-electron chi connectivity index (χ1n) is 7.47. The van der Waals surface area contributed by atoms with Crippen molar-refractivity contribution < 1.29 is 9.53 Å². The van der Waals surface area contributed by atoms with Gasteiger partial charge in [-0.1, -0.05) is 17.2 Å². The first-order chi connectivity index (χ1) is 9.99. The molecule has 0 N–H and O–H groups in total. The molecule has 1 saturated heterocycles. The van der Waals surface area contributed by atoms with Crippen LogP contribution in [0.2, 0.25) is 0 Å². The highest BCUT2D eigenvalue weighted by Gasteiger charge is 2.23. The molecule has 0 amide bonds. The van der Waals surface area contributed by atoms with Gasteiger partial charge in [0.2, 0.25) is 0 Å². The van der Waals surface area contributed by atoms with E-state index in [-0.39, 0.29) is 24.5 Å². The number of hydrogen-bond donors (Lipinski definition) is 0. The van der Waals surface area contributed by atoms with Crippen molar-refractivity contribution in [2.24, 2.45) is 4.99 Å². The van der Waals surface area contributed by atoms with E-state index in [1.165, 1.54) is 0 Å². The van der Waals surface area contributed by atoms with Gasteiger partial charge < -0.3 is 9.64 Å². The molecule has 5 heteroatoms. The zero-order valence-electron chi connectivity index (χ0n) is 13.8. The molecule has 1 fully saturated rings. The minimum Gasteiger partial charge on any atom is -0.459 e. The fourth-order valence-corrected chi connectivity index (χ4v) is 2.75. The van der Waals surface area contributed by atoms with Gasteiger partial charge in [0, 0.05) is 33.0 Å². The summed E-state index contributed by atoms with van der Waals surface area (Å²) in [5.74, 6) is 0.843. The van der Waals surface area contributed by atoms with Gasteiger partial charge in [-0.05, 0) is 32.9 Å². The van der Waals surface area contributed by atoms with Gasteiger partial charge in [0.25, 0.3) is 0 Å². The number of rotatable bonds is 2. The summed E-state index contributed by atoms with van der Waals surface area (Å²) in [5.41, 5.74) is 2.83. The molecule has 1 aromatic rings. The summed E-state index contributed by atoms with van der Waals surface area (Å²) in [6.45, 7) is 7.80. The van der Waals surface area contributed by atoms with E-state index >= 15 is 0 Å². The summed E-state index contributed by atoms with van der Waals surface area (Å²) < 4.78 is 5.64. The number of esters is 1. The van der Waals surface area contributed by atoms with E-state index in [0.717, 1.165) is 42.9 Å². The minimum atomic E-state index is -0.207. The molecule has 1 aromatic carbocycles. The minimum absolute atomic E-state index is 0. The highest BCUT2D eigenvalue weighted by Crippen LogP contribution is 2.17. The molecule has 4 nitrogen and oxygen atoms in total. The maximum absolute atomic E-state index is 12.2. The second-order valence-electron chi connectivity index (χ2n) is 5.74. The SMILES string of the molecule is CN=C(C)N1CCC(OC(=O)c2cc(C)cc(C)c2)CC1.Cl. The number of piperidine rings is 1. The Bertz CT molecular complexity index is 529. The van der Waals surface area contributed by atoms with Crippen LogP contribution in [0.5, 0.6) is 0 Å². The van der Waals surface area contributed by atoms with Gasteiger partial charge in [-0.3, -0.25) is 4.99 Å². The third-order valence-electron chi connectivity index (χ3n) is 3.95. The van der Waals surface area contributed by atoms with E-state index in [0.29, 0.717) is 5.56 Å². The molecule has 0 spiro atoms. The average molecular weight is 325 g/mol. The molecule has 0 saturated carbocycles. The number of carbonyl (C=O) groups is 1. The zero-order valence-corrected chi connectivity index (χ0v) is 14.6. The molecular weight excluding hydrogens is 300 g/mol. The Balaban J connectivity index is 0.00000242. The Morgan fingerprint density at radius 3 is 2.23 bits per heavy atom. The Kier molecular flexibility index (Phi) is 6.88. The fourth-order valence-electron chi connectivity index (χ4n) is 2.75. The topological polar surface area (TPSA) is 41.9 Å². The van der Waals surface area contributed by atoms with E-state index in [9.17, 15) is 4.79 Å². The second-order valence-corrected chi connectivity index (χ2v) is 5.74. The molecule has 0 bridgehead atoms. The number of carbonyl (C=O) groups excluding carboxylic acids is 1. The lowest BCUT2D eigenvalue weighted by Crippen LogP contribution is -2.40. The zero-order chi connectivity index (χ0) is 15.4. The maximum atomic E-state index is 12.2. The van der Waals surface area contributed by atoms with Gasteiger partial charge in [0.05, 0.1) is 11.4 Å². The summed E-state index contributed by atoms with van der Waals surface area (Å²) in [6.07, 6.45) is 1.74. The van der Waals surface area contributed by atoms with Crippen molar-refractivity contribution in [2.45, 2.75) is 39.7 Å². The number of amidine groups is 1. The van der Waals surface area contributed by atoms with Crippen LogP contribution in [0.4, 0.5) is 0 Å². The van der Waals surface area contributed by atoms with Crippen LogP contribution < -0.4 is 0 Å². The number of benzene rings is 1. The molecule has 0 atom stereocenters. The van der Waals surface area contributed by atoms with Crippen molar-refractivity contribution in [2.75, 3.05) is 20.1 Å². The molecule has 22 heavy (non-hydrogen) atoms. The van der Waals surface area contributed by atoms with Gasteiger partial charge in [0.1, 0.15) is 6.10 Å². The van der Waals surface area contributed by atoms with Crippen LogP contribution in [0, 0.1) is 13.8 Å². The Morgan fingerprint density at radius 2 is 1.73 bits per heavy atom. The molecule has 1 aliphatic rings. The predicted molar refractivity (Wildman–Crippen MR) is 92.2 cm³/mol. The predicted octanol–water partition coefficient (Wildman–Crippen LogP) is 3.39. The van der Waals surface area contributed by atoms with Crippen LogP contribution in [0.1, 0.15) is 41.3 Å². The number of nitrogens with zero attached hydrogens (tertiary/aromatic N) is 2. The van der Waals surface area contributed by atoms with Crippen LogP contribution in [0.25, 0.3) is 0 Å². The summed E-state index contributed by atoms with van der Waals surface area (Å²) in [5, 5.41) is 0. The Labute approximate surface area is 139 Å². The largest absolute Gasteiger partial charge is 0.459 e. The molecule has 1 aliphatic heterocycles. The summed E-state index contributed by atoms with van der Waals surface area (Å²) in [6, 6.07) is 5.83.